The van der Waals surface area contributed by atoms with Gasteiger partial charge in [-0.3, -0.25) is 4.79 Å². The summed E-state index contributed by atoms with van der Waals surface area (Å²) in [6.07, 6.45) is -8.62. The number of aromatic nitrogens is 1. The number of carbonyl (C=O) groups is 1. The van der Waals surface area contributed by atoms with E-state index in [1.165, 1.54) is 13.8 Å². The Labute approximate surface area is 192 Å². The number of ketones is 1. The number of nitrogens with zero attached hydrogens (tertiary/aromatic N) is 1. The van der Waals surface area contributed by atoms with Crippen molar-refractivity contribution in [3.8, 4) is 0 Å². The molecule has 1 atom stereocenters. The van der Waals surface area contributed by atoms with Crippen molar-refractivity contribution in [1.29, 1.82) is 0 Å². The van der Waals surface area contributed by atoms with Crippen molar-refractivity contribution in [2.45, 2.75) is 55.1 Å². The fourth-order valence-electron chi connectivity index (χ4n) is 4.84. The average Bonchev–Trinajstić information content (AvgIpc) is 3.01. The number of hydrogen-bond acceptors (Lipinski definition) is 4. The SMILES string of the molecule is CC(C)(C1CC(C2Cc3nc(C(F)(F)F)ccc3C2=O)C1)S(=O)(=O)c1cccc(C(F)(F)F)c1. The lowest BCUT2D eigenvalue weighted by Crippen LogP contribution is -2.48. The van der Waals surface area contributed by atoms with Crippen LogP contribution >= 0.6 is 0 Å². The predicted octanol–water partition coefficient (Wildman–Crippen LogP) is 5.75. The van der Waals surface area contributed by atoms with E-state index in [1.807, 2.05) is 0 Å². The molecule has 2 aliphatic carbocycles. The number of sulfone groups is 1. The van der Waals surface area contributed by atoms with Crippen LogP contribution in [0.2, 0.25) is 0 Å². The summed E-state index contributed by atoms with van der Waals surface area (Å²) in [5.41, 5.74) is -1.89. The van der Waals surface area contributed by atoms with Crippen molar-refractivity contribution in [3.05, 3.63) is 58.9 Å². The molecule has 184 valence electrons. The minimum atomic E-state index is -4.69. The lowest BCUT2D eigenvalue weighted by molar-refractivity contribution is -0.141. The van der Waals surface area contributed by atoms with E-state index >= 15 is 0 Å². The molecule has 2 aliphatic rings. The highest BCUT2D eigenvalue weighted by molar-refractivity contribution is 7.92. The number of halogens is 6. The van der Waals surface area contributed by atoms with E-state index in [2.05, 4.69) is 4.98 Å². The molecule has 0 saturated heterocycles. The van der Waals surface area contributed by atoms with E-state index in [9.17, 15) is 39.6 Å². The van der Waals surface area contributed by atoms with Gasteiger partial charge in [0.1, 0.15) is 5.69 Å². The first-order valence-electron chi connectivity index (χ1n) is 10.6. The maximum atomic E-state index is 13.2. The smallest absolute Gasteiger partial charge is 0.294 e. The molecule has 4 nitrogen and oxygen atoms in total. The zero-order valence-corrected chi connectivity index (χ0v) is 19.0. The van der Waals surface area contributed by atoms with E-state index in [4.69, 9.17) is 0 Å². The maximum Gasteiger partial charge on any atom is 0.433 e. The van der Waals surface area contributed by atoms with Crippen molar-refractivity contribution in [2.24, 2.45) is 17.8 Å². The van der Waals surface area contributed by atoms with Crippen LogP contribution in [0.15, 0.2) is 41.3 Å². The Balaban J connectivity index is 1.50. The molecule has 2 aromatic rings. The normalized spacial score (nSPS) is 23.5. The standard InChI is InChI=1S/C23H21F6NO3S/c1-21(2,34(32,33)15-5-3-4-13(10-15)22(24,25)26)14-8-12(9-14)17-11-18-16(20(17)31)6-7-19(30-18)23(27,28)29/h3-7,10,12,14,17H,8-9,11H2,1-2H3. The van der Waals surface area contributed by atoms with Crippen LogP contribution < -0.4 is 0 Å². The fraction of sp³-hybridized carbons (Fsp3) is 0.478. The molecule has 1 saturated carbocycles. The molecule has 11 heteroatoms. The van der Waals surface area contributed by atoms with Crippen molar-refractivity contribution < 1.29 is 39.6 Å². The number of Topliss-reactive ketones (excluding diaryl/α,β-unsaturated/α-hetero) is 1. The van der Waals surface area contributed by atoms with Crippen molar-refractivity contribution >= 4 is 15.6 Å². The van der Waals surface area contributed by atoms with Gasteiger partial charge in [0, 0.05) is 17.9 Å². The van der Waals surface area contributed by atoms with E-state index < -0.39 is 54.9 Å². The van der Waals surface area contributed by atoms with Gasteiger partial charge < -0.3 is 0 Å². The Kier molecular flexibility index (Phi) is 5.66. The number of hydrogen-bond donors (Lipinski definition) is 0. The molecule has 4 rings (SSSR count). The molecule has 0 bridgehead atoms. The maximum absolute atomic E-state index is 13.2. The van der Waals surface area contributed by atoms with Gasteiger partial charge in [0.25, 0.3) is 0 Å². The highest BCUT2D eigenvalue weighted by Gasteiger charge is 2.52. The summed E-state index contributed by atoms with van der Waals surface area (Å²) in [6.45, 7) is 2.90. The number of fused-ring (bicyclic) bond motifs is 1. The Morgan fingerprint density at radius 1 is 0.941 bits per heavy atom. The summed E-state index contributed by atoms with van der Waals surface area (Å²) >= 11 is 0. The Hall–Kier alpha value is -2.43. The molecule has 1 aromatic carbocycles. The second-order valence-electron chi connectivity index (χ2n) is 9.42. The minimum absolute atomic E-state index is 0.0519. The number of benzene rings is 1. The van der Waals surface area contributed by atoms with Crippen molar-refractivity contribution in [1.82, 2.24) is 4.98 Å². The first-order valence-corrected chi connectivity index (χ1v) is 12.0. The molecule has 0 N–H and O–H groups in total. The Bertz CT molecular complexity index is 1240. The molecule has 0 amide bonds. The number of pyridine rings is 1. The molecule has 1 heterocycles. The summed E-state index contributed by atoms with van der Waals surface area (Å²) in [6, 6.07) is 5.50. The molecule has 1 aromatic heterocycles. The summed E-state index contributed by atoms with van der Waals surface area (Å²) in [5.74, 6) is -1.56. The van der Waals surface area contributed by atoms with E-state index in [0.29, 0.717) is 18.9 Å². The summed E-state index contributed by atoms with van der Waals surface area (Å²) in [4.78, 5) is 15.9. The summed E-state index contributed by atoms with van der Waals surface area (Å²) < 4.78 is 103. The molecular weight excluding hydrogens is 484 g/mol. The highest BCUT2D eigenvalue weighted by atomic mass is 32.2. The molecule has 0 radical (unpaired) electrons. The summed E-state index contributed by atoms with van der Waals surface area (Å²) in [5, 5.41) is 0. The van der Waals surface area contributed by atoms with Crippen LogP contribution in [-0.2, 0) is 28.6 Å². The third-order valence-electron chi connectivity index (χ3n) is 7.17. The van der Waals surface area contributed by atoms with Gasteiger partial charge >= 0.3 is 12.4 Å². The van der Waals surface area contributed by atoms with Crippen LogP contribution in [0, 0.1) is 17.8 Å². The van der Waals surface area contributed by atoms with Gasteiger partial charge in [-0.05, 0) is 68.9 Å². The lowest BCUT2D eigenvalue weighted by Gasteiger charge is -2.46. The van der Waals surface area contributed by atoms with Crippen molar-refractivity contribution in [2.75, 3.05) is 0 Å². The van der Waals surface area contributed by atoms with Gasteiger partial charge in [-0.15, -0.1) is 0 Å². The van der Waals surface area contributed by atoms with Gasteiger partial charge in [-0.2, -0.15) is 26.3 Å². The first kappa shape index (κ1) is 24.7. The first-order chi connectivity index (χ1) is 15.5. The largest absolute Gasteiger partial charge is 0.433 e. The topological polar surface area (TPSA) is 64.1 Å². The lowest BCUT2D eigenvalue weighted by atomic mass is 9.63. The van der Waals surface area contributed by atoms with Gasteiger partial charge in [-0.25, -0.2) is 13.4 Å². The average molecular weight is 505 g/mol. The van der Waals surface area contributed by atoms with Crippen molar-refractivity contribution in [3.63, 3.8) is 0 Å². The predicted molar refractivity (Wildman–Crippen MR) is 110 cm³/mol. The zero-order valence-electron chi connectivity index (χ0n) is 18.2. The Morgan fingerprint density at radius 3 is 2.18 bits per heavy atom. The third-order valence-corrected chi connectivity index (χ3v) is 9.76. The number of alkyl halides is 6. The van der Waals surface area contributed by atoms with Gasteiger partial charge in [0.15, 0.2) is 15.6 Å². The molecule has 0 spiro atoms. The van der Waals surface area contributed by atoms with Crippen LogP contribution in [0.4, 0.5) is 26.3 Å². The zero-order chi connectivity index (χ0) is 25.3. The van der Waals surface area contributed by atoms with E-state index in [-0.39, 0.29) is 29.4 Å². The van der Waals surface area contributed by atoms with Crippen LogP contribution in [0.3, 0.4) is 0 Å². The van der Waals surface area contributed by atoms with Gasteiger partial charge in [-0.1, -0.05) is 6.07 Å². The minimum Gasteiger partial charge on any atom is -0.294 e. The highest BCUT2D eigenvalue weighted by Crippen LogP contribution is 2.51. The van der Waals surface area contributed by atoms with Gasteiger partial charge in [0.2, 0.25) is 0 Å². The second-order valence-corrected chi connectivity index (χ2v) is 12.0. The fourth-order valence-corrected chi connectivity index (χ4v) is 6.62. The quantitative estimate of drug-likeness (QED) is 0.497. The van der Waals surface area contributed by atoms with Crippen LogP contribution in [0.25, 0.3) is 0 Å². The Morgan fingerprint density at radius 2 is 1.59 bits per heavy atom. The van der Waals surface area contributed by atoms with E-state index in [1.54, 1.807) is 0 Å². The summed E-state index contributed by atoms with van der Waals surface area (Å²) in [7, 11) is -4.14. The second kappa shape index (κ2) is 7.79. The van der Waals surface area contributed by atoms with Crippen LogP contribution in [0.1, 0.15) is 54.0 Å². The monoisotopic (exact) mass is 505 g/mol. The van der Waals surface area contributed by atoms with E-state index in [0.717, 1.165) is 30.3 Å². The van der Waals surface area contributed by atoms with Gasteiger partial charge in [0.05, 0.1) is 20.9 Å². The van der Waals surface area contributed by atoms with Crippen LogP contribution in [0.5, 0.6) is 0 Å². The third kappa shape index (κ3) is 4.01. The molecule has 34 heavy (non-hydrogen) atoms. The number of rotatable bonds is 4. The molecule has 1 fully saturated rings. The van der Waals surface area contributed by atoms with Crippen LogP contribution in [-0.4, -0.2) is 23.9 Å². The molecule has 0 aliphatic heterocycles. The number of carbonyl (C=O) groups excluding carboxylic acids is 1. The molecular formula is C23H21F6NO3S. The molecule has 1 unspecified atom stereocenters.